The van der Waals surface area contributed by atoms with Gasteiger partial charge in [-0.3, -0.25) is 4.79 Å². The molecule has 1 rings (SSSR count). The summed E-state index contributed by atoms with van der Waals surface area (Å²) in [6, 6.07) is 4.19. The second kappa shape index (κ2) is 4.02. The Morgan fingerprint density at radius 3 is 2.47 bits per heavy atom. The fraction of sp³-hybridized carbons (Fsp3) is 0.300. The standard InChI is InChI=1S/C10H12O4S/c1-7(11)6-8-9(12)4-3-5-10(8)15(2,13)14/h3-5,12H,6H2,1-2H3. The van der Waals surface area contributed by atoms with Crippen LogP contribution in [0.3, 0.4) is 0 Å². The topological polar surface area (TPSA) is 71.4 Å². The molecule has 0 fully saturated rings. The third-order valence-corrected chi connectivity index (χ3v) is 3.11. The van der Waals surface area contributed by atoms with Crippen LogP contribution in [0.25, 0.3) is 0 Å². The first-order chi connectivity index (χ1) is 6.82. The summed E-state index contributed by atoms with van der Waals surface area (Å²) in [5.74, 6) is -0.352. The summed E-state index contributed by atoms with van der Waals surface area (Å²) in [7, 11) is -3.41. The van der Waals surface area contributed by atoms with Crippen molar-refractivity contribution < 1.29 is 18.3 Å². The Labute approximate surface area is 88.5 Å². The van der Waals surface area contributed by atoms with E-state index in [2.05, 4.69) is 0 Å². The molecule has 0 aromatic heterocycles. The van der Waals surface area contributed by atoms with Crippen LogP contribution in [0.15, 0.2) is 23.1 Å². The largest absolute Gasteiger partial charge is 0.508 e. The molecule has 1 aromatic carbocycles. The van der Waals surface area contributed by atoms with E-state index in [1.165, 1.54) is 25.1 Å². The molecule has 82 valence electrons. The molecule has 0 unspecified atom stereocenters. The van der Waals surface area contributed by atoms with Gasteiger partial charge in [0.05, 0.1) is 4.90 Å². The lowest BCUT2D eigenvalue weighted by Gasteiger charge is -2.07. The summed E-state index contributed by atoms with van der Waals surface area (Å²) in [5.41, 5.74) is 0.174. The predicted octanol–water partition coefficient (Wildman–Crippen LogP) is 0.927. The smallest absolute Gasteiger partial charge is 0.175 e. The fourth-order valence-electron chi connectivity index (χ4n) is 1.33. The number of hydrogen-bond donors (Lipinski definition) is 1. The summed E-state index contributed by atoms with van der Waals surface area (Å²) in [6.07, 6.45) is 0.973. The van der Waals surface area contributed by atoms with E-state index in [-0.39, 0.29) is 28.4 Å². The van der Waals surface area contributed by atoms with Gasteiger partial charge >= 0.3 is 0 Å². The third-order valence-electron chi connectivity index (χ3n) is 1.93. The highest BCUT2D eigenvalue weighted by Gasteiger charge is 2.17. The normalized spacial score (nSPS) is 11.3. The molecule has 1 N–H and O–H groups in total. The van der Waals surface area contributed by atoms with E-state index in [0.29, 0.717) is 0 Å². The molecule has 0 aliphatic heterocycles. The number of phenols is 1. The molecular formula is C10H12O4S. The summed E-state index contributed by atoms with van der Waals surface area (Å²) < 4.78 is 22.7. The number of Topliss-reactive ketones (excluding diaryl/α,β-unsaturated/α-hetero) is 1. The molecule has 0 saturated carbocycles. The van der Waals surface area contributed by atoms with E-state index in [4.69, 9.17) is 0 Å². The van der Waals surface area contributed by atoms with Crippen molar-refractivity contribution in [3.8, 4) is 5.75 Å². The molecule has 0 atom stereocenters. The molecule has 0 aliphatic rings. The lowest BCUT2D eigenvalue weighted by Crippen LogP contribution is -2.06. The van der Waals surface area contributed by atoms with E-state index in [9.17, 15) is 18.3 Å². The van der Waals surface area contributed by atoms with Gasteiger partial charge in [0.2, 0.25) is 0 Å². The van der Waals surface area contributed by atoms with Crippen LogP contribution in [-0.4, -0.2) is 25.6 Å². The maximum absolute atomic E-state index is 11.4. The van der Waals surface area contributed by atoms with E-state index in [1.807, 2.05) is 0 Å². The Morgan fingerprint density at radius 2 is 2.00 bits per heavy atom. The number of aromatic hydroxyl groups is 1. The second-order valence-electron chi connectivity index (χ2n) is 3.40. The Morgan fingerprint density at radius 1 is 1.40 bits per heavy atom. The first-order valence-electron chi connectivity index (χ1n) is 4.32. The average Bonchev–Trinajstić information content (AvgIpc) is 2.05. The second-order valence-corrected chi connectivity index (χ2v) is 5.39. The number of hydrogen-bond acceptors (Lipinski definition) is 4. The molecule has 0 amide bonds. The van der Waals surface area contributed by atoms with E-state index in [0.717, 1.165) is 6.26 Å². The van der Waals surface area contributed by atoms with Crippen LogP contribution < -0.4 is 0 Å². The Balaban J connectivity index is 3.40. The molecule has 0 radical (unpaired) electrons. The lowest BCUT2D eigenvalue weighted by atomic mass is 10.1. The molecule has 15 heavy (non-hydrogen) atoms. The highest BCUT2D eigenvalue weighted by molar-refractivity contribution is 7.90. The predicted molar refractivity (Wildman–Crippen MR) is 55.6 cm³/mol. The minimum Gasteiger partial charge on any atom is -0.508 e. The fourth-order valence-corrected chi connectivity index (χ4v) is 2.28. The quantitative estimate of drug-likeness (QED) is 0.835. The molecular weight excluding hydrogens is 216 g/mol. The van der Waals surface area contributed by atoms with Crippen LogP contribution >= 0.6 is 0 Å². The first kappa shape index (κ1) is 11.7. The molecule has 4 nitrogen and oxygen atoms in total. The molecule has 0 bridgehead atoms. The first-order valence-corrected chi connectivity index (χ1v) is 6.22. The molecule has 0 heterocycles. The zero-order valence-electron chi connectivity index (χ0n) is 8.52. The molecule has 5 heteroatoms. The van der Waals surface area contributed by atoms with E-state index >= 15 is 0 Å². The van der Waals surface area contributed by atoms with Gasteiger partial charge in [-0.05, 0) is 19.1 Å². The Kier molecular flexibility index (Phi) is 3.14. The zero-order chi connectivity index (χ0) is 11.6. The zero-order valence-corrected chi connectivity index (χ0v) is 9.34. The van der Waals surface area contributed by atoms with Crippen LogP contribution in [0.4, 0.5) is 0 Å². The van der Waals surface area contributed by atoms with Gasteiger partial charge in [-0.15, -0.1) is 0 Å². The van der Waals surface area contributed by atoms with Gasteiger partial charge in [0.1, 0.15) is 11.5 Å². The SMILES string of the molecule is CC(=O)Cc1c(O)cccc1S(C)(=O)=O. The van der Waals surface area contributed by atoms with Crippen LogP contribution in [0.2, 0.25) is 0 Å². The van der Waals surface area contributed by atoms with Gasteiger partial charge in [-0.25, -0.2) is 8.42 Å². The van der Waals surface area contributed by atoms with Crippen molar-refractivity contribution in [1.82, 2.24) is 0 Å². The van der Waals surface area contributed by atoms with Crippen LogP contribution in [0, 0.1) is 0 Å². The van der Waals surface area contributed by atoms with Crippen LogP contribution in [0.5, 0.6) is 5.75 Å². The lowest BCUT2D eigenvalue weighted by molar-refractivity contribution is -0.116. The van der Waals surface area contributed by atoms with Crippen molar-refractivity contribution in [2.45, 2.75) is 18.2 Å². The monoisotopic (exact) mass is 228 g/mol. The summed E-state index contributed by atoms with van der Waals surface area (Å²) in [5, 5.41) is 9.49. The number of benzene rings is 1. The summed E-state index contributed by atoms with van der Waals surface area (Å²) in [4.78, 5) is 11.0. The third kappa shape index (κ3) is 2.79. The van der Waals surface area contributed by atoms with Gasteiger partial charge in [0.25, 0.3) is 0 Å². The summed E-state index contributed by atoms with van der Waals surface area (Å²) in [6.45, 7) is 1.35. The van der Waals surface area contributed by atoms with Crippen molar-refractivity contribution in [2.24, 2.45) is 0 Å². The number of sulfone groups is 1. The number of phenolic OH excluding ortho intramolecular Hbond substituents is 1. The number of rotatable bonds is 3. The molecule has 1 aromatic rings. The Hall–Kier alpha value is -1.36. The molecule has 0 spiro atoms. The van der Waals surface area contributed by atoms with E-state index < -0.39 is 9.84 Å². The van der Waals surface area contributed by atoms with Crippen molar-refractivity contribution in [3.63, 3.8) is 0 Å². The maximum atomic E-state index is 11.4. The minimum absolute atomic E-state index is 0.0118. The number of ketones is 1. The van der Waals surface area contributed by atoms with Crippen molar-refractivity contribution in [1.29, 1.82) is 0 Å². The van der Waals surface area contributed by atoms with Gasteiger partial charge in [-0.1, -0.05) is 6.07 Å². The number of carbonyl (C=O) groups is 1. The summed E-state index contributed by atoms with van der Waals surface area (Å²) >= 11 is 0. The van der Waals surface area contributed by atoms with E-state index in [1.54, 1.807) is 0 Å². The number of carbonyl (C=O) groups excluding carboxylic acids is 1. The van der Waals surface area contributed by atoms with Crippen molar-refractivity contribution in [3.05, 3.63) is 23.8 Å². The highest BCUT2D eigenvalue weighted by Crippen LogP contribution is 2.25. The van der Waals surface area contributed by atoms with Gasteiger partial charge < -0.3 is 5.11 Å². The molecule has 0 aliphatic carbocycles. The minimum atomic E-state index is -3.41. The molecule has 0 saturated heterocycles. The van der Waals surface area contributed by atoms with Crippen LogP contribution in [-0.2, 0) is 21.1 Å². The highest BCUT2D eigenvalue weighted by atomic mass is 32.2. The van der Waals surface area contributed by atoms with Gasteiger partial charge in [-0.2, -0.15) is 0 Å². The van der Waals surface area contributed by atoms with Crippen molar-refractivity contribution >= 4 is 15.6 Å². The Bertz CT molecular complexity index is 488. The van der Waals surface area contributed by atoms with Crippen LogP contribution in [0.1, 0.15) is 12.5 Å². The van der Waals surface area contributed by atoms with Gasteiger partial charge in [0, 0.05) is 18.2 Å². The average molecular weight is 228 g/mol. The van der Waals surface area contributed by atoms with Gasteiger partial charge in [0.15, 0.2) is 9.84 Å². The maximum Gasteiger partial charge on any atom is 0.175 e. The van der Waals surface area contributed by atoms with Crippen molar-refractivity contribution in [2.75, 3.05) is 6.26 Å².